The van der Waals surface area contributed by atoms with E-state index in [2.05, 4.69) is 36.6 Å². The second-order valence-corrected chi connectivity index (χ2v) is 6.73. The molecule has 0 atom stereocenters. The molecule has 0 aliphatic rings. The highest BCUT2D eigenvalue weighted by Gasteiger charge is 2.05. The number of hydrogen-bond donors (Lipinski definition) is 4. The average molecular weight is 429 g/mol. The third-order valence-corrected chi connectivity index (χ3v) is 2.46. The summed E-state index contributed by atoms with van der Waals surface area (Å²) >= 11 is 0. The number of carboxylic acids is 1. The van der Waals surface area contributed by atoms with Crippen molar-refractivity contribution < 1.29 is 34.1 Å². The fourth-order valence-corrected chi connectivity index (χ4v) is 1.45. The van der Waals surface area contributed by atoms with Crippen LogP contribution in [0.25, 0.3) is 0 Å². The van der Waals surface area contributed by atoms with Crippen molar-refractivity contribution in [1.29, 1.82) is 0 Å². The van der Waals surface area contributed by atoms with Gasteiger partial charge < -0.3 is 26.0 Å². The maximum Gasteiger partial charge on any atom is 0.325 e. The molecule has 1 aromatic rings. The first-order chi connectivity index (χ1) is 13.8. The Kier molecular flexibility index (Phi) is 21.7. The average Bonchev–Trinajstić information content (AvgIpc) is 2.60. The van der Waals surface area contributed by atoms with Crippen molar-refractivity contribution in [2.75, 3.05) is 13.7 Å². The number of aryl methyl sites for hydroxylation is 1. The van der Waals surface area contributed by atoms with E-state index in [9.17, 15) is 14.4 Å². The molecule has 172 valence electrons. The molecule has 1 aromatic carbocycles. The van der Waals surface area contributed by atoms with E-state index in [1.807, 2.05) is 12.1 Å². The quantitative estimate of drug-likeness (QED) is 0.506. The Hall–Kier alpha value is -3.10. The Bertz CT molecular complexity index is 592. The summed E-state index contributed by atoms with van der Waals surface area (Å²) in [6, 6.07) is 6.88. The maximum absolute atomic E-state index is 11.3. The van der Waals surface area contributed by atoms with E-state index in [4.69, 9.17) is 15.0 Å². The molecule has 0 fully saturated rings. The fourth-order valence-electron chi connectivity index (χ4n) is 1.45. The van der Waals surface area contributed by atoms with Crippen LogP contribution in [-0.2, 0) is 30.3 Å². The van der Waals surface area contributed by atoms with Gasteiger partial charge in [0, 0.05) is 20.3 Å². The Morgan fingerprint density at radius 2 is 1.47 bits per heavy atom. The normalized spacial score (nSPS) is 8.77. The zero-order chi connectivity index (χ0) is 24.1. The van der Waals surface area contributed by atoms with E-state index in [0.29, 0.717) is 12.8 Å². The van der Waals surface area contributed by atoms with Gasteiger partial charge in [0.1, 0.15) is 12.3 Å². The molecule has 0 bridgehead atoms. The van der Waals surface area contributed by atoms with Gasteiger partial charge in [-0.15, -0.1) is 0 Å². The van der Waals surface area contributed by atoms with Gasteiger partial charge in [0.25, 0.3) is 5.97 Å². The molecule has 2 amide bonds. The molecule has 9 heteroatoms. The number of rotatable bonds is 6. The van der Waals surface area contributed by atoms with Crippen LogP contribution in [0.5, 0.6) is 5.75 Å². The van der Waals surface area contributed by atoms with E-state index >= 15 is 0 Å². The van der Waals surface area contributed by atoms with Crippen LogP contribution in [-0.4, -0.2) is 47.6 Å². The number of ether oxygens (including phenoxy) is 1. The predicted octanol–water partition coefficient (Wildman–Crippen LogP) is 2.25. The van der Waals surface area contributed by atoms with E-state index in [1.54, 1.807) is 12.1 Å². The minimum Gasteiger partial charge on any atom is -0.508 e. The zero-order valence-electron chi connectivity index (χ0n) is 18.7. The molecule has 9 nitrogen and oxygen atoms in total. The number of hydrogen-bond acceptors (Lipinski definition) is 6. The lowest BCUT2D eigenvalue weighted by molar-refractivity contribution is -0.141. The second-order valence-electron chi connectivity index (χ2n) is 6.73. The lowest BCUT2D eigenvalue weighted by Gasteiger charge is -2.04. The van der Waals surface area contributed by atoms with Gasteiger partial charge in [0.15, 0.2) is 0 Å². The number of carboxylic acid groups (broad SMARTS) is 1. The number of phenols is 1. The van der Waals surface area contributed by atoms with Crippen LogP contribution in [0.1, 0.15) is 53.0 Å². The second kappa shape index (κ2) is 20.6. The molecule has 1 rings (SSSR count). The van der Waals surface area contributed by atoms with Crippen molar-refractivity contribution in [1.82, 2.24) is 5.32 Å². The molecule has 0 unspecified atom stereocenters. The third kappa shape index (κ3) is 35.9. The lowest BCUT2D eigenvalue weighted by Crippen LogP contribution is -2.29. The van der Waals surface area contributed by atoms with Gasteiger partial charge in [0.05, 0.1) is 7.11 Å². The van der Waals surface area contributed by atoms with Crippen LogP contribution >= 0.6 is 0 Å². The standard InChI is InChI=1S/C13H17NO4.C4H10.C2H5NO.C2H4O2/c1-18-13(17)9-14-12(16)4-2-3-10-5-7-11(15)8-6-10;1-4(2)3;2*1-2(3)4/h5-8,15H,2-4,9H2,1H3,(H,14,16);4H,1-3H3;1H3,(H2,3,4);1H3,(H,3,4). The molecule has 0 aliphatic heterocycles. The molecule has 0 saturated heterocycles. The van der Waals surface area contributed by atoms with Crippen LogP contribution < -0.4 is 11.1 Å². The lowest BCUT2D eigenvalue weighted by atomic mass is 10.1. The molecule has 30 heavy (non-hydrogen) atoms. The molecule has 0 aromatic heterocycles. The van der Waals surface area contributed by atoms with Crippen molar-refractivity contribution in [2.45, 2.75) is 53.9 Å². The summed E-state index contributed by atoms with van der Waals surface area (Å²) in [5.41, 5.74) is 5.54. The van der Waals surface area contributed by atoms with Gasteiger partial charge in [-0.05, 0) is 36.5 Å². The number of nitrogens with one attached hydrogen (secondary N) is 1. The Balaban J connectivity index is -0.000000498. The van der Waals surface area contributed by atoms with Crippen LogP contribution in [0.4, 0.5) is 0 Å². The highest BCUT2D eigenvalue weighted by molar-refractivity contribution is 5.81. The first-order valence-electron chi connectivity index (χ1n) is 9.38. The number of phenolic OH excluding ortho intramolecular Hbond substituents is 1. The number of carbonyl (C=O) groups excluding carboxylic acids is 3. The van der Waals surface area contributed by atoms with E-state index in [0.717, 1.165) is 24.8 Å². The van der Waals surface area contributed by atoms with Crippen molar-refractivity contribution in [3.05, 3.63) is 29.8 Å². The molecule has 0 spiro atoms. The van der Waals surface area contributed by atoms with Crippen molar-refractivity contribution in [3.8, 4) is 5.75 Å². The number of carbonyl (C=O) groups is 4. The van der Waals surface area contributed by atoms with Crippen LogP contribution in [0.2, 0.25) is 0 Å². The fraction of sp³-hybridized carbons (Fsp3) is 0.524. The number of benzene rings is 1. The van der Waals surface area contributed by atoms with Crippen LogP contribution in [0.3, 0.4) is 0 Å². The maximum atomic E-state index is 11.3. The van der Waals surface area contributed by atoms with Crippen LogP contribution in [0.15, 0.2) is 24.3 Å². The van der Waals surface area contributed by atoms with Crippen molar-refractivity contribution in [2.24, 2.45) is 11.7 Å². The zero-order valence-corrected chi connectivity index (χ0v) is 18.7. The summed E-state index contributed by atoms with van der Waals surface area (Å²) in [6.07, 6.45) is 1.81. The summed E-state index contributed by atoms with van der Waals surface area (Å²) in [6.45, 7) is 8.80. The predicted molar refractivity (Wildman–Crippen MR) is 115 cm³/mol. The molecule has 5 N–H and O–H groups in total. The third-order valence-electron chi connectivity index (χ3n) is 2.46. The smallest absolute Gasteiger partial charge is 0.325 e. The van der Waals surface area contributed by atoms with Gasteiger partial charge in [-0.1, -0.05) is 32.9 Å². The van der Waals surface area contributed by atoms with Gasteiger partial charge in [-0.2, -0.15) is 0 Å². The van der Waals surface area contributed by atoms with Gasteiger partial charge in [-0.25, -0.2) is 0 Å². The van der Waals surface area contributed by atoms with Gasteiger partial charge in [-0.3, -0.25) is 19.2 Å². The number of aliphatic carboxylic acids is 1. The SMILES string of the molecule is CC(=O)O.CC(C)C.CC(N)=O.COC(=O)CNC(=O)CCCc1ccc(O)cc1. The minimum atomic E-state index is -0.833. The first-order valence-corrected chi connectivity index (χ1v) is 9.38. The minimum absolute atomic E-state index is 0.0887. The summed E-state index contributed by atoms with van der Waals surface area (Å²) in [4.78, 5) is 40.4. The highest BCUT2D eigenvalue weighted by atomic mass is 16.5. The molecule has 0 heterocycles. The summed E-state index contributed by atoms with van der Waals surface area (Å²) in [5, 5.41) is 19.0. The molecule has 0 saturated carbocycles. The number of primary amides is 1. The topological polar surface area (TPSA) is 156 Å². The highest BCUT2D eigenvalue weighted by Crippen LogP contribution is 2.11. The monoisotopic (exact) mass is 428 g/mol. The van der Waals surface area contributed by atoms with Gasteiger partial charge >= 0.3 is 5.97 Å². The number of aromatic hydroxyl groups is 1. The van der Waals surface area contributed by atoms with E-state index in [1.165, 1.54) is 14.0 Å². The number of esters is 1. The van der Waals surface area contributed by atoms with Gasteiger partial charge in [0.2, 0.25) is 11.8 Å². The van der Waals surface area contributed by atoms with Crippen molar-refractivity contribution in [3.63, 3.8) is 0 Å². The summed E-state index contributed by atoms with van der Waals surface area (Å²) in [5.74, 6) is -0.726. The molecule has 0 aliphatic carbocycles. The Morgan fingerprint density at radius 1 is 1.07 bits per heavy atom. The van der Waals surface area contributed by atoms with Crippen molar-refractivity contribution >= 4 is 23.8 Å². The molecular formula is C21H36N2O7. The Morgan fingerprint density at radius 3 is 1.83 bits per heavy atom. The van der Waals surface area contributed by atoms with E-state index < -0.39 is 11.9 Å². The molecule has 0 radical (unpaired) electrons. The number of methoxy groups -OCH3 is 1. The largest absolute Gasteiger partial charge is 0.508 e. The number of nitrogens with two attached hydrogens (primary N) is 1. The molecular weight excluding hydrogens is 392 g/mol. The van der Waals surface area contributed by atoms with Crippen LogP contribution in [0, 0.1) is 5.92 Å². The Labute approximate surface area is 178 Å². The number of amides is 2. The summed E-state index contributed by atoms with van der Waals surface area (Å²) < 4.78 is 4.41. The van der Waals surface area contributed by atoms with E-state index in [-0.39, 0.29) is 24.1 Å². The summed E-state index contributed by atoms with van der Waals surface area (Å²) in [7, 11) is 1.28. The first kappa shape index (κ1) is 31.6.